The van der Waals surface area contributed by atoms with Gasteiger partial charge in [0.1, 0.15) is 5.75 Å². The molecule has 0 spiro atoms. The topological polar surface area (TPSA) is 41.6 Å². The molecule has 2 aromatic rings. The fourth-order valence-corrected chi connectivity index (χ4v) is 2.90. The Kier molecular flexibility index (Phi) is 4.93. The van der Waals surface area contributed by atoms with Gasteiger partial charge in [0.25, 0.3) is 5.91 Å². The van der Waals surface area contributed by atoms with Gasteiger partial charge in [0, 0.05) is 13.1 Å². The zero-order valence-electron chi connectivity index (χ0n) is 13.4. The van der Waals surface area contributed by atoms with Crippen LogP contribution in [0.2, 0.25) is 0 Å². The van der Waals surface area contributed by atoms with Crippen molar-refractivity contribution < 1.29 is 9.53 Å². The monoisotopic (exact) mass is 310 g/mol. The van der Waals surface area contributed by atoms with E-state index in [1.807, 2.05) is 25.1 Å². The normalized spacial score (nSPS) is 14.1. The summed E-state index contributed by atoms with van der Waals surface area (Å²) in [7, 11) is 0. The zero-order valence-corrected chi connectivity index (χ0v) is 13.4. The highest BCUT2D eigenvalue weighted by molar-refractivity contribution is 5.96. The molecule has 0 saturated heterocycles. The van der Waals surface area contributed by atoms with Gasteiger partial charge in [-0.15, -0.1) is 0 Å². The highest BCUT2D eigenvalue weighted by Crippen LogP contribution is 2.19. The molecular weight excluding hydrogens is 288 g/mol. The number of hydrogen-bond donors (Lipinski definition) is 1. The van der Waals surface area contributed by atoms with Gasteiger partial charge in [0.15, 0.2) is 0 Å². The Morgan fingerprint density at radius 2 is 1.87 bits per heavy atom. The zero-order chi connectivity index (χ0) is 16.1. The lowest BCUT2D eigenvalue weighted by Crippen LogP contribution is -2.40. The maximum atomic E-state index is 12.4. The molecule has 4 nitrogen and oxygen atoms in total. The van der Waals surface area contributed by atoms with E-state index in [2.05, 4.69) is 34.5 Å². The number of nitrogens with zero attached hydrogens (tertiary/aromatic N) is 1. The minimum atomic E-state index is -0.0899. The molecule has 0 saturated carbocycles. The van der Waals surface area contributed by atoms with E-state index < -0.39 is 0 Å². The van der Waals surface area contributed by atoms with Crippen molar-refractivity contribution in [3.8, 4) is 5.75 Å². The Morgan fingerprint density at radius 1 is 1.13 bits per heavy atom. The first kappa shape index (κ1) is 15.6. The van der Waals surface area contributed by atoms with Crippen LogP contribution < -0.4 is 10.1 Å². The Labute approximate surface area is 137 Å². The van der Waals surface area contributed by atoms with Crippen LogP contribution in [0.25, 0.3) is 0 Å². The van der Waals surface area contributed by atoms with Gasteiger partial charge in [-0.3, -0.25) is 9.69 Å². The van der Waals surface area contributed by atoms with Gasteiger partial charge < -0.3 is 10.1 Å². The van der Waals surface area contributed by atoms with Crippen LogP contribution in [0.15, 0.2) is 48.5 Å². The van der Waals surface area contributed by atoms with E-state index in [-0.39, 0.29) is 5.91 Å². The van der Waals surface area contributed by atoms with Crippen molar-refractivity contribution in [3.63, 3.8) is 0 Å². The number of para-hydroxylation sites is 1. The predicted octanol–water partition coefficient (Wildman–Crippen LogP) is 2.83. The van der Waals surface area contributed by atoms with E-state index in [1.165, 1.54) is 11.1 Å². The van der Waals surface area contributed by atoms with E-state index in [9.17, 15) is 4.79 Å². The molecule has 0 aliphatic carbocycles. The van der Waals surface area contributed by atoms with Crippen LogP contribution >= 0.6 is 0 Å². The molecule has 0 aromatic heterocycles. The molecule has 4 heteroatoms. The van der Waals surface area contributed by atoms with E-state index in [1.54, 1.807) is 6.07 Å². The number of ether oxygens (including phenoxy) is 1. The summed E-state index contributed by atoms with van der Waals surface area (Å²) >= 11 is 0. The largest absolute Gasteiger partial charge is 0.493 e. The number of carbonyl (C=O) groups is 1. The summed E-state index contributed by atoms with van der Waals surface area (Å²) in [6.45, 7) is 4.86. The van der Waals surface area contributed by atoms with E-state index >= 15 is 0 Å². The average Bonchev–Trinajstić information content (AvgIpc) is 2.60. The second kappa shape index (κ2) is 7.29. The molecule has 1 aliphatic rings. The van der Waals surface area contributed by atoms with Crippen molar-refractivity contribution in [3.05, 3.63) is 65.2 Å². The van der Waals surface area contributed by atoms with Crippen LogP contribution in [0.5, 0.6) is 5.75 Å². The highest BCUT2D eigenvalue weighted by Gasteiger charge is 2.17. The third-order valence-corrected chi connectivity index (χ3v) is 4.10. The number of carbonyl (C=O) groups excluding carboxylic acids is 1. The molecule has 1 aliphatic heterocycles. The minimum Gasteiger partial charge on any atom is -0.493 e. The van der Waals surface area contributed by atoms with Gasteiger partial charge in [-0.1, -0.05) is 36.4 Å². The average molecular weight is 310 g/mol. The first-order chi connectivity index (χ1) is 11.3. The lowest BCUT2D eigenvalue weighted by Gasteiger charge is -2.28. The number of nitrogens with one attached hydrogen (secondary N) is 1. The summed E-state index contributed by atoms with van der Waals surface area (Å²) in [4.78, 5) is 14.7. The van der Waals surface area contributed by atoms with Crippen molar-refractivity contribution in [2.45, 2.75) is 19.9 Å². The SMILES string of the molecule is CCOc1ccccc1C(=O)NCN1CCc2ccccc2C1. The lowest BCUT2D eigenvalue weighted by atomic mass is 10.0. The first-order valence-corrected chi connectivity index (χ1v) is 8.07. The fourth-order valence-electron chi connectivity index (χ4n) is 2.90. The minimum absolute atomic E-state index is 0.0899. The van der Waals surface area contributed by atoms with Crippen molar-refractivity contribution in [2.24, 2.45) is 0 Å². The first-order valence-electron chi connectivity index (χ1n) is 8.07. The van der Waals surface area contributed by atoms with Crippen molar-refractivity contribution >= 4 is 5.91 Å². The van der Waals surface area contributed by atoms with Crippen LogP contribution in [0, 0.1) is 0 Å². The molecule has 1 N–H and O–H groups in total. The number of hydrogen-bond acceptors (Lipinski definition) is 3. The summed E-state index contributed by atoms with van der Waals surface area (Å²) in [5.74, 6) is 0.546. The number of benzene rings is 2. The summed E-state index contributed by atoms with van der Waals surface area (Å²) in [5, 5.41) is 3.01. The predicted molar refractivity (Wildman–Crippen MR) is 90.5 cm³/mol. The highest BCUT2D eigenvalue weighted by atomic mass is 16.5. The molecule has 3 rings (SSSR count). The summed E-state index contributed by atoms with van der Waals surface area (Å²) < 4.78 is 5.52. The Bertz CT molecular complexity index is 685. The molecule has 120 valence electrons. The van der Waals surface area contributed by atoms with Crippen LogP contribution in [0.3, 0.4) is 0 Å². The molecule has 0 atom stereocenters. The van der Waals surface area contributed by atoms with Gasteiger partial charge in [-0.2, -0.15) is 0 Å². The van der Waals surface area contributed by atoms with E-state index in [0.717, 1.165) is 19.5 Å². The van der Waals surface area contributed by atoms with Crippen LogP contribution in [-0.2, 0) is 13.0 Å². The molecule has 1 heterocycles. The van der Waals surface area contributed by atoms with E-state index in [4.69, 9.17) is 4.74 Å². The van der Waals surface area contributed by atoms with Crippen molar-refractivity contribution in [1.82, 2.24) is 10.2 Å². The summed E-state index contributed by atoms with van der Waals surface area (Å²) in [6.07, 6.45) is 1.03. The van der Waals surface area contributed by atoms with E-state index in [0.29, 0.717) is 24.6 Å². The Morgan fingerprint density at radius 3 is 2.70 bits per heavy atom. The van der Waals surface area contributed by atoms with Crippen LogP contribution in [0.1, 0.15) is 28.4 Å². The van der Waals surface area contributed by atoms with Gasteiger partial charge in [0.2, 0.25) is 0 Å². The molecule has 0 unspecified atom stereocenters. The van der Waals surface area contributed by atoms with Crippen molar-refractivity contribution in [1.29, 1.82) is 0 Å². The smallest absolute Gasteiger partial charge is 0.256 e. The molecule has 0 bridgehead atoms. The maximum Gasteiger partial charge on any atom is 0.256 e. The third-order valence-electron chi connectivity index (χ3n) is 4.10. The summed E-state index contributed by atoms with van der Waals surface area (Å²) in [5.41, 5.74) is 3.35. The molecule has 23 heavy (non-hydrogen) atoms. The standard InChI is InChI=1S/C19H22N2O2/c1-2-23-18-10-6-5-9-17(18)19(22)20-14-21-12-11-15-7-3-4-8-16(15)13-21/h3-10H,2,11-14H2,1H3,(H,20,22). The molecule has 1 amide bonds. The number of fused-ring (bicyclic) bond motifs is 1. The van der Waals surface area contributed by atoms with Gasteiger partial charge in [-0.25, -0.2) is 0 Å². The number of amides is 1. The second-order valence-electron chi connectivity index (χ2n) is 5.66. The molecular formula is C19H22N2O2. The molecule has 0 radical (unpaired) electrons. The number of rotatable bonds is 5. The molecule has 2 aromatic carbocycles. The maximum absolute atomic E-state index is 12.4. The van der Waals surface area contributed by atoms with Crippen LogP contribution in [0.4, 0.5) is 0 Å². The summed E-state index contributed by atoms with van der Waals surface area (Å²) in [6, 6.07) is 15.9. The Balaban J connectivity index is 1.60. The Hall–Kier alpha value is -2.33. The fraction of sp³-hybridized carbons (Fsp3) is 0.316. The quantitative estimate of drug-likeness (QED) is 0.923. The van der Waals surface area contributed by atoms with Gasteiger partial charge in [-0.05, 0) is 36.6 Å². The second-order valence-corrected chi connectivity index (χ2v) is 5.66. The van der Waals surface area contributed by atoms with Gasteiger partial charge in [0.05, 0.1) is 18.8 Å². The third kappa shape index (κ3) is 3.71. The lowest BCUT2D eigenvalue weighted by molar-refractivity contribution is 0.0913. The molecule has 0 fully saturated rings. The van der Waals surface area contributed by atoms with Gasteiger partial charge >= 0.3 is 0 Å². The van der Waals surface area contributed by atoms with Crippen LogP contribution in [-0.4, -0.2) is 30.6 Å². The van der Waals surface area contributed by atoms with Crippen molar-refractivity contribution in [2.75, 3.05) is 19.8 Å².